The molecule has 0 aliphatic heterocycles. The van der Waals surface area contributed by atoms with Gasteiger partial charge in [-0.2, -0.15) is 0 Å². The van der Waals surface area contributed by atoms with Gasteiger partial charge >= 0.3 is 0 Å². The van der Waals surface area contributed by atoms with Crippen LogP contribution in [0, 0.1) is 5.92 Å². The van der Waals surface area contributed by atoms with E-state index in [1.807, 2.05) is 0 Å². The van der Waals surface area contributed by atoms with Crippen LogP contribution in [0.5, 0.6) is 0 Å². The van der Waals surface area contributed by atoms with E-state index in [-0.39, 0.29) is 5.54 Å². The van der Waals surface area contributed by atoms with E-state index in [0.717, 1.165) is 17.6 Å². The summed E-state index contributed by atoms with van der Waals surface area (Å²) < 4.78 is 1.14. The minimum absolute atomic E-state index is 0.193. The van der Waals surface area contributed by atoms with E-state index >= 15 is 0 Å². The van der Waals surface area contributed by atoms with Gasteiger partial charge in [-0.25, -0.2) is 0 Å². The predicted molar refractivity (Wildman–Crippen MR) is 92.0 cm³/mol. The summed E-state index contributed by atoms with van der Waals surface area (Å²) in [6.07, 6.45) is 0. The average molecular weight is 341 g/mol. The molecule has 2 atom stereocenters. The highest BCUT2D eigenvalue weighted by Crippen LogP contribution is 2.16. The Hall–Kier alpha value is -0.380. The monoisotopic (exact) mass is 340 g/mol. The minimum Gasteiger partial charge on any atom is -0.312 e. The number of nitrogens with zero attached hydrogens (tertiary/aromatic N) is 1. The molecule has 2 unspecified atom stereocenters. The molecular formula is C17H29BrN2. The number of hydrogen-bond donors (Lipinski definition) is 1. The summed E-state index contributed by atoms with van der Waals surface area (Å²) in [7, 11) is 2.21. The topological polar surface area (TPSA) is 15.3 Å². The van der Waals surface area contributed by atoms with Crippen molar-refractivity contribution in [2.75, 3.05) is 13.6 Å². The van der Waals surface area contributed by atoms with Crippen LogP contribution in [-0.2, 0) is 6.54 Å². The third kappa shape index (κ3) is 6.38. The summed E-state index contributed by atoms with van der Waals surface area (Å²) in [5.41, 5.74) is 1.55. The quantitative estimate of drug-likeness (QED) is 0.830. The van der Waals surface area contributed by atoms with Crippen LogP contribution in [0.3, 0.4) is 0 Å². The maximum absolute atomic E-state index is 3.60. The highest BCUT2D eigenvalue weighted by Gasteiger charge is 2.19. The normalized spacial score (nSPS) is 15.4. The van der Waals surface area contributed by atoms with Crippen LogP contribution >= 0.6 is 15.9 Å². The first-order chi connectivity index (χ1) is 9.19. The van der Waals surface area contributed by atoms with Crippen LogP contribution in [0.1, 0.15) is 40.2 Å². The zero-order chi connectivity index (χ0) is 15.3. The highest BCUT2D eigenvalue weighted by molar-refractivity contribution is 9.10. The van der Waals surface area contributed by atoms with E-state index in [1.54, 1.807) is 0 Å². The van der Waals surface area contributed by atoms with Gasteiger partial charge in [-0.15, -0.1) is 0 Å². The molecule has 20 heavy (non-hydrogen) atoms. The molecule has 2 nitrogen and oxygen atoms in total. The lowest BCUT2D eigenvalue weighted by atomic mass is 9.99. The molecule has 0 saturated carbocycles. The van der Waals surface area contributed by atoms with Crippen LogP contribution < -0.4 is 5.32 Å². The van der Waals surface area contributed by atoms with Crippen molar-refractivity contribution in [2.45, 2.75) is 52.7 Å². The van der Waals surface area contributed by atoms with Crippen LogP contribution in [0.4, 0.5) is 0 Å². The molecule has 1 rings (SSSR count). The van der Waals surface area contributed by atoms with Crippen molar-refractivity contribution in [2.24, 2.45) is 5.92 Å². The Morgan fingerprint density at radius 1 is 1.15 bits per heavy atom. The zero-order valence-corrected chi connectivity index (χ0v) is 15.3. The van der Waals surface area contributed by atoms with Gasteiger partial charge in [0.1, 0.15) is 0 Å². The van der Waals surface area contributed by atoms with E-state index < -0.39 is 0 Å². The third-order valence-corrected chi connectivity index (χ3v) is 4.35. The molecule has 0 amide bonds. The molecule has 1 aromatic rings. The molecule has 0 spiro atoms. The molecule has 3 heteroatoms. The van der Waals surface area contributed by atoms with Crippen molar-refractivity contribution in [3.05, 3.63) is 34.3 Å². The van der Waals surface area contributed by atoms with E-state index in [0.29, 0.717) is 12.0 Å². The zero-order valence-electron chi connectivity index (χ0n) is 13.7. The lowest BCUT2D eigenvalue weighted by molar-refractivity contribution is 0.182. The summed E-state index contributed by atoms with van der Waals surface area (Å²) in [6, 6.07) is 9.14. The summed E-state index contributed by atoms with van der Waals surface area (Å²) in [6.45, 7) is 13.3. The second-order valence-electron chi connectivity index (χ2n) is 6.89. The molecule has 0 aliphatic rings. The predicted octanol–water partition coefficient (Wildman–Crippen LogP) is 4.29. The maximum Gasteiger partial charge on any atom is 0.0233 e. The standard InChI is InChI=1S/C17H29BrN2/c1-13(11-19-17(3,4)5)14(2)20(6)12-15-7-9-16(18)10-8-15/h7-10,13-14,19H,11-12H2,1-6H3. The van der Waals surface area contributed by atoms with Gasteiger partial charge in [0, 0.05) is 22.6 Å². The number of halogens is 1. The van der Waals surface area contributed by atoms with Crippen LogP contribution in [0.25, 0.3) is 0 Å². The number of hydrogen-bond acceptors (Lipinski definition) is 2. The number of benzene rings is 1. The average Bonchev–Trinajstić information content (AvgIpc) is 2.36. The third-order valence-electron chi connectivity index (χ3n) is 3.82. The Bertz CT molecular complexity index is 394. The second-order valence-corrected chi connectivity index (χ2v) is 7.81. The maximum atomic E-state index is 3.60. The van der Waals surface area contributed by atoms with E-state index in [2.05, 4.69) is 92.1 Å². The van der Waals surface area contributed by atoms with E-state index in [1.165, 1.54) is 5.56 Å². The van der Waals surface area contributed by atoms with Gasteiger partial charge in [0.05, 0.1) is 0 Å². The molecule has 0 fully saturated rings. The van der Waals surface area contributed by atoms with Gasteiger partial charge in [0.25, 0.3) is 0 Å². The lowest BCUT2D eigenvalue weighted by Crippen LogP contribution is -2.44. The molecule has 0 saturated heterocycles. The molecule has 1 aromatic carbocycles. The van der Waals surface area contributed by atoms with Crippen molar-refractivity contribution in [3.63, 3.8) is 0 Å². The molecule has 0 heterocycles. The fourth-order valence-electron chi connectivity index (χ4n) is 2.09. The van der Waals surface area contributed by atoms with Crippen LogP contribution in [-0.4, -0.2) is 30.1 Å². The molecular weight excluding hydrogens is 312 g/mol. The first kappa shape index (κ1) is 17.7. The van der Waals surface area contributed by atoms with Crippen molar-refractivity contribution in [1.29, 1.82) is 0 Å². The molecule has 0 aliphatic carbocycles. The van der Waals surface area contributed by atoms with Gasteiger partial charge in [-0.1, -0.05) is 35.0 Å². The summed E-state index contributed by atoms with van der Waals surface area (Å²) >= 11 is 3.48. The highest BCUT2D eigenvalue weighted by atomic mass is 79.9. The van der Waals surface area contributed by atoms with Gasteiger partial charge in [0.2, 0.25) is 0 Å². The number of nitrogens with one attached hydrogen (secondary N) is 1. The van der Waals surface area contributed by atoms with Crippen LogP contribution in [0.2, 0.25) is 0 Å². The first-order valence-electron chi connectivity index (χ1n) is 7.39. The van der Waals surface area contributed by atoms with Gasteiger partial charge < -0.3 is 5.32 Å². The van der Waals surface area contributed by atoms with Gasteiger partial charge in [-0.3, -0.25) is 4.90 Å². The molecule has 0 aromatic heterocycles. The Morgan fingerprint density at radius 2 is 1.70 bits per heavy atom. The summed E-state index contributed by atoms with van der Waals surface area (Å²) in [4.78, 5) is 2.43. The minimum atomic E-state index is 0.193. The molecule has 1 N–H and O–H groups in total. The second kappa shape index (κ2) is 7.58. The summed E-state index contributed by atoms with van der Waals surface area (Å²) in [5.74, 6) is 0.620. The van der Waals surface area contributed by atoms with Crippen LogP contribution in [0.15, 0.2) is 28.7 Å². The lowest BCUT2D eigenvalue weighted by Gasteiger charge is -2.32. The Morgan fingerprint density at radius 3 is 2.20 bits per heavy atom. The van der Waals surface area contributed by atoms with Gasteiger partial charge in [-0.05, 0) is 64.9 Å². The SMILES string of the molecule is CC(CNC(C)(C)C)C(C)N(C)Cc1ccc(Br)cc1. The Kier molecular flexibility index (Phi) is 6.70. The smallest absolute Gasteiger partial charge is 0.0233 e. The number of rotatable bonds is 6. The summed E-state index contributed by atoms with van der Waals surface area (Å²) in [5, 5.41) is 3.60. The van der Waals surface area contributed by atoms with Crippen molar-refractivity contribution >= 4 is 15.9 Å². The largest absolute Gasteiger partial charge is 0.312 e. The van der Waals surface area contributed by atoms with Crippen molar-refractivity contribution in [3.8, 4) is 0 Å². The fourth-order valence-corrected chi connectivity index (χ4v) is 2.36. The Balaban J connectivity index is 2.49. The fraction of sp³-hybridized carbons (Fsp3) is 0.647. The first-order valence-corrected chi connectivity index (χ1v) is 8.18. The van der Waals surface area contributed by atoms with Crippen molar-refractivity contribution in [1.82, 2.24) is 10.2 Å². The molecule has 0 radical (unpaired) electrons. The molecule has 114 valence electrons. The van der Waals surface area contributed by atoms with E-state index in [4.69, 9.17) is 0 Å². The van der Waals surface area contributed by atoms with E-state index in [9.17, 15) is 0 Å². The van der Waals surface area contributed by atoms with Gasteiger partial charge in [0.15, 0.2) is 0 Å². The Labute approximate surface area is 133 Å². The molecule has 0 bridgehead atoms. The van der Waals surface area contributed by atoms with Crippen molar-refractivity contribution < 1.29 is 0 Å².